The molecule has 1 aliphatic rings. The van der Waals surface area contributed by atoms with Crippen LogP contribution in [0.4, 0.5) is 23.2 Å². The lowest BCUT2D eigenvalue weighted by Crippen LogP contribution is -2.49. The normalized spacial score (nSPS) is 17.5. The second-order valence-electron chi connectivity index (χ2n) is 5.14. The molecule has 0 bridgehead atoms. The van der Waals surface area contributed by atoms with Gasteiger partial charge in [-0.25, -0.2) is 4.39 Å². The standard InChI is InChI=1S/C14H15F4N3O2/c15-13(14(16,17)18)9-2-1-3-10(6-9)20-12(23)8-21-5-4-19-11(22)7-21/h1-3,6,13H,4-5,7-8H2,(H,19,22)(H,20,23). The first-order valence-electron chi connectivity index (χ1n) is 6.85. The van der Waals surface area contributed by atoms with E-state index in [4.69, 9.17) is 0 Å². The molecule has 0 aromatic heterocycles. The van der Waals surface area contributed by atoms with Gasteiger partial charge >= 0.3 is 6.18 Å². The molecule has 5 nitrogen and oxygen atoms in total. The first-order chi connectivity index (χ1) is 10.8. The van der Waals surface area contributed by atoms with E-state index in [1.807, 2.05) is 0 Å². The van der Waals surface area contributed by atoms with Crippen LogP contribution in [0.1, 0.15) is 11.7 Å². The van der Waals surface area contributed by atoms with Gasteiger partial charge in [-0.05, 0) is 17.7 Å². The van der Waals surface area contributed by atoms with Crippen LogP contribution < -0.4 is 10.6 Å². The summed E-state index contributed by atoms with van der Waals surface area (Å²) in [5.41, 5.74) is -0.506. The van der Waals surface area contributed by atoms with E-state index in [1.54, 1.807) is 4.90 Å². The van der Waals surface area contributed by atoms with Gasteiger partial charge in [0.25, 0.3) is 0 Å². The summed E-state index contributed by atoms with van der Waals surface area (Å²) in [5, 5.41) is 5.01. The number of anilines is 1. The van der Waals surface area contributed by atoms with Crippen molar-refractivity contribution >= 4 is 17.5 Å². The summed E-state index contributed by atoms with van der Waals surface area (Å²) in [4.78, 5) is 24.7. The molecule has 23 heavy (non-hydrogen) atoms. The zero-order valence-electron chi connectivity index (χ0n) is 12.0. The molecule has 2 rings (SSSR count). The summed E-state index contributed by atoms with van der Waals surface area (Å²) >= 11 is 0. The van der Waals surface area contributed by atoms with Crippen molar-refractivity contribution in [3.8, 4) is 0 Å². The van der Waals surface area contributed by atoms with Gasteiger partial charge in [0.05, 0.1) is 13.1 Å². The van der Waals surface area contributed by atoms with E-state index < -0.39 is 23.8 Å². The molecule has 0 spiro atoms. The minimum Gasteiger partial charge on any atom is -0.354 e. The molecule has 1 aromatic carbocycles. The number of nitrogens with zero attached hydrogens (tertiary/aromatic N) is 1. The molecule has 0 saturated carbocycles. The number of benzene rings is 1. The topological polar surface area (TPSA) is 61.4 Å². The molecule has 126 valence electrons. The smallest absolute Gasteiger partial charge is 0.354 e. The Hall–Kier alpha value is -2.16. The highest BCUT2D eigenvalue weighted by molar-refractivity contribution is 5.92. The van der Waals surface area contributed by atoms with Crippen LogP contribution in [0.3, 0.4) is 0 Å². The largest absolute Gasteiger partial charge is 0.423 e. The molecule has 0 aliphatic carbocycles. The van der Waals surface area contributed by atoms with Crippen molar-refractivity contribution in [2.24, 2.45) is 0 Å². The predicted octanol–water partition coefficient (Wildman–Crippen LogP) is 1.63. The predicted molar refractivity (Wildman–Crippen MR) is 74.4 cm³/mol. The van der Waals surface area contributed by atoms with Crippen molar-refractivity contribution in [2.45, 2.75) is 12.3 Å². The van der Waals surface area contributed by atoms with Gasteiger partial charge in [-0.3, -0.25) is 14.5 Å². The lowest BCUT2D eigenvalue weighted by atomic mass is 10.1. The Balaban J connectivity index is 1.97. The Morgan fingerprint density at radius 2 is 2.13 bits per heavy atom. The lowest BCUT2D eigenvalue weighted by molar-refractivity contribution is -0.182. The maximum atomic E-state index is 13.3. The average molecular weight is 333 g/mol. The molecule has 0 radical (unpaired) electrons. The molecule has 1 aliphatic heterocycles. The molecule has 2 N–H and O–H groups in total. The molecular formula is C14H15F4N3O2. The van der Waals surface area contributed by atoms with Crippen LogP contribution >= 0.6 is 0 Å². The Bertz CT molecular complexity index is 592. The van der Waals surface area contributed by atoms with Crippen molar-refractivity contribution in [2.75, 3.05) is 31.5 Å². The quantitative estimate of drug-likeness (QED) is 0.824. The van der Waals surface area contributed by atoms with E-state index in [0.717, 1.165) is 12.1 Å². The highest BCUT2D eigenvalue weighted by atomic mass is 19.4. The highest BCUT2D eigenvalue weighted by Crippen LogP contribution is 2.36. The minimum atomic E-state index is -5.00. The number of nitrogens with one attached hydrogen (secondary N) is 2. The average Bonchev–Trinajstić information content (AvgIpc) is 2.45. The summed E-state index contributed by atoms with van der Waals surface area (Å²) in [5.74, 6) is -0.684. The Morgan fingerprint density at radius 1 is 1.39 bits per heavy atom. The summed E-state index contributed by atoms with van der Waals surface area (Å²) in [6, 6.07) is 4.55. The van der Waals surface area contributed by atoms with E-state index in [2.05, 4.69) is 10.6 Å². The first kappa shape index (κ1) is 17.2. The molecule has 1 fully saturated rings. The number of hydrogen-bond donors (Lipinski definition) is 2. The van der Waals surface area contributed by atoms with E-state index in [0.29, 0.717) is 13.1 Å². The van der Waals surface area contributed by atoms with E-state index in [9.17, 15) is 27.2 Å². The minimum absolute atomic E-state index is 0.0702. The molecule has 1 unspecified atom stereocenters. The third-order valence-electron chi connectivity index (χ3n) is 3.24. The number of carbonyl (C=O) groups excluding carboxylic acids is 2. The summed E-state index contributed by atoms with van der Waals surface area (Å²) in [6.07, 6.45) is -8.10. The monoisotopic (exact) mass is 333 g/mol. The highest BCUT2D eigenvalue weighted by Gasteiger charge is 2.41. The third-order valence-corrected chi connectivity index (χ3v) is 3.24. The number of rotatable bonds is 4. The fourth-order valence-electron chi connectivity index (χ4n) is 2.19. The van der Waals surface area contributed by atoms with Gasteiger partial charge in [-0.2, -0.15) is 13.2 Å². The first-order valence-corrected chi connectivity index (χ1v) is 6.85. The van der Waals surface area contributed by atoms with Crippen molar-refractivity contribution in [1.82, 2.24) is 10.2 Å². The number of carbonyl (C=O) groups is 2. The van der Waals surface area contributed by atoms with Gasteiger partial charge in [0.2, 0.25) is 18.0 Å². The van der Waals surface area contributed by atoms with Crippen LogP contribution in [0.15, 0.2) is 24.3 Å². The third kappa shape index (κ3) is 4.92. The van der Waals surface area contributed by atoms with Crippen LogP contribution in [-0.2, 0) is 9.59 Å². The SMILES string of the molecule is O=C1CN(CC(=O)Nc2cccc(C(F)C(F)(F)F)c2)CCN1. The zero-order valence-corrected chi connectivity index (χ0v) is 12.0. The summed E-state index contributed by atoms with van der Waals surface area (Å²) < 4.78 is 50.4. The van der Waals surface area contributed by atoms with Crippen LogP contribution in [0.5, 0.6) is 0 Å². The van der Waals surface area contributed by atoms with Gasteiger partial charge < -0.3 is 10.6 Å². The molecule has 1 aromatic rings. The molecule has 1 atom stereocenters. The summed E-state index contributed by atoms with van der Waals surface area (Å²) in [6.45, 7) is 0.931. The van der Waals surface area contributed by atoms with Crippen LogP contribution in [0, 0.1) is 0 Å². The summed E-state index contributed by atoms with van der Waals surface area (Å²) in [7, 11) is 0. The molecule has 1 heterocycles. The number of piperazine rings is 1. The molecule has 2 amide bonds. The maximum Gasteiger partial charge on any atom is 0.423 e. The number of hydrogen-bond acceptors (Lipinski definition) is 3. The molecule has 9 heteroatoms. The lowest BCUT2D eigenvalue weighted by Gasteiger charge is -2.25. The number of alkyl halides is 4. The van der Waals surface area contributed by atoms with Crippen LogP contribution in [0.25, 0.3) is 0 Å². The van der Waals surface area contributed by atoms with Gasteiger partial charge in [-0.15, -0.1) is 0 Å². The molecular weight excluding hydrogens is 318 g/mol. The molecule has 1 saturated heterocycles. The van der Waals surface area contributed by atoms with Crippen molar-refractivity contribution < 1.29 is 27.2 Å². The Morgan fingerprint density at radius 3 is 2.78 bits per heavy atom. The van der Waals surface area contributed by atoms with Crippen molar-refractivity contribution in [3.05, 3.63) is 29.8 Å². The Kier molecular flexibility index (Phi) is 5.19. The van der Waals surface area contributed by atoms with Gasteiger partial charge in [-0.1, -0.05) is 12.1 Å². The van der Waals surface area contributed by atoms with Crippen LogP contribution in [0.2, 0.25) is 0 Å². The zero-order chi connectivity index (χ0) is 17.0. The number of amides is 2. The Labute approximate surface area is 129 Å². The fraction of sp³-hybridized carbons (Fsp3) is 0.429. The second kappa shape index (κ2) is 6.95. The van der Waals surface area contributed by atoms with Crippen molar-refractivity contribution in [3.63, 3.8) is 0 Å². The fourth-order valence-corrected chi connectivity index (χ4v) is 2.19. The van der Waals surface area contributed by atoms with Gasteiger partial charge in [0.1, 0.15) is 0 Å². The van der Waals surface area contributed by atoms with Gasteiger partial charge in [0, 0.05) is 18.8 Å². The van der Waals surface area contributed by atoms with E-state index >= 15 is 0 Å². The maximum absolute atomic E-state index is 13.3. The number of halogens is 4. The van der Waals surface area contributed by atoms with Crippen LogP contribution in [-0.4, -0.2) is 49.1 Å². The van der Waals surface area contributed by atoms with E-state index in [-0.39, 0.29) is 24.7 Å². The van der Waals surface area contributed by atoms with Gasteiger partial charge in [0.15, 0.2) is 0 Å². The second-order valence-corrected chi connectivity index (χ2v) is 5.14. The van der Waals surface area contributed by atoms with E-state index in [1.165, 1.54) is 12.1 Å². The van der Waals surface area contributed by atoms with Crippen molar-refractivity contribution in [1.29, 1.82) is 0 Å².